The second-order valence-corrected chi connectivity index (χ2v) is 9.58. The number of methoxy groups -OCH3 is 1. The molecular weight excluding hydrogens is 443 g/mol. The number of para-hydroxylation sites is 1. The van der Waals surface area contributed by atoms with Gasteiger partial charge >= 0.3 is 0 Å². The van der Waals surface area contributed by atoms with Crippen LogP contribution in [-0.4, -0.2) is 27.5 Å². The van der Waals surface area contributed by atoms with Gasteiger partial charge in [-0.05, 0) is 47.7 Å². The summed E-state index contributed by atoms with van der Waals surface area (Å²) in [5.41, 5.74) is 1.53. The van der Waals surface area contributed by atoms with Gasteiger partial charge in [-0.15, -0.1) is 0 Å². The maximum Gasteiger partial charge on any atom is 0.245 e. The van der Waals surface area contributed by atoms with Crippen LogP contribution in [-0.2, 0) is 21.2 Å². The van der Waals surface area contributed by atoms with E-state index in [1.807, 2.05) is 19.9 Å². The fourth-order valence-corrected chi connectivity index (χ4v) is 4.73. The summed E-state index contributed by atoms with van der Waals surface area (Å²) in [6, 6.07) is 18.5. The Labute approximate surface area is 193 Å². The SMILES string of the molecule is COc1ccc(C(C)C)cc1S(=O)(=O)NC(Cc1ccccc1)C(=O)Nc1ccccc1F. The Morgan fingerprint density at radius 3 is 2.30 bits per heavy atom. The number of carbonyl (C=O) groups is 1. The summed E-state index contributed by atoms with van der Waals surface area (Å²) in [6.07, 6.45) is 0.0759. The van der Waals surface area contributed by atoms with Crippen LogP contribution >= 0.6 is 0 Å². The van der Waals surface area contributed by atoms with Crippen LogP contribution in [0.2, 0.25) is 0 Å². The first-order chi connectivity index (χ1) is 15.7. The average molecular weight is 471 g/mol. The Morgan fingerprint density at radius 1 is 1.00 bits per heavy atom. The Balaban J connectivity index is 1.96. The highest BCUT2D eigenvalue weighted by atomic mass is 32.2. The monoisotopic (exact) mass is 470 g/mol. The highest BCUT2D eigenvalue weighted by Gasteiger charge is 2.29. The van der Waals surface area contributed by atoms with Crippen LogP contribution in [0, 0.1) is 5.82 Å². The normalized spacial score (nSPS) is 12.4. The number of rotatable bonds is 9. The molecule has 1 atom stereocenters. The molecule has 6 nitrogen and oxygen atoms in total. The van der Waals surface area contributed by atoms with E-state index < -0.39 is 27.8 Å². The molecule has 0 spiro atoms. The molecule has 2 N–H and O–H groups in total. The molecule has 1 amide bonds. The first-order valence-electron chi connectivity index (χ1n) is 10.5. The van der Waals surface area contributed by atoms with Crippen molar-refractivity contribution in [3.63, 3.8) is 0 Å². The lowest BCUT2D eigenvalue weighted by Crippen LogP contribution is -2.45. The number of nitrogens with one attached hydrogen (secondary N) is 2. The van der Waals surface area contributed by atoms with E-state index in [9.17, 15) is 17.6 Å². The van der Waals surface area contributed by atoms with Crippen molar-refractivity contribution in [1.29, 1.82) is 0 Å². The third kappa shape index (κ3) is 6.18. The number of halogens is 1. The van der Waals surface area contributed by atoms with Crippen LogP contribution in [0.25, 0.3) is 0 Å². The largest absolute Gasteiger partial charge is 0.495 e. The number of hydrogen-bond donors (Lipinski definition) is 2. The minimum atomic E-state index is -4.16. The van der Waals surface area contributed by atoms with Crippen LogP contribution in [0.3, 0.4) is 0 Å². The fourth-order valence-electron chi connectivity index (χ4n) is 3.33. The molecule has 0 aliphatic heterocycles. The maximum absolute atomic E-state index is 14.1. The zero-order chi connectivity index (χ0) is 24.0. The van der Waals surface area contributed by atoms with Crippen LogP contribution < -0.4 is 14.8 Å². The summed E-state index contributed by atoms with van der Waals surface area (Å²) < 4.78 is 48.6. The summed E-state index contributed by atoms with van der Waals surface area (Å²) in [6.45, 7) is 3.90. The van der Waals surface area contributed by atoms with Gasteiger partial charge in [0.25, 0.3) is 0 Å². The molecule has 0 saturated carbocycles. The minimum Gasteiger partial charge on any atom is -0.495 e. The van der Waals surface area contributed by atoms with Gasteiger partial charge in [-0.3, -0.25) is 4.79 Å². The number of anilines is 1. The van der Waals surface area contributed by atoms with Gasteiger partial charge in [0.1, 0.15) is 22.5 Å². The van der Waals surface area contributed by atoms with E-state index in [1.165, 1.54) is 25.3 Å². The number of carbonyl (C=O) groups excluding carboxylic acids is 1. The molecule has 0 bridgehead atoms. The topological polar surface area (TPSA) is 84.5 Å². The molecule has 0 heterocycles. The first-order valence-corrected chi connectivity index (χ1v) is 12.0. The first kappa shape index (κ1) is 24.4. The predicted molar refractivity (Wildman–Crippen MR) is 126 cm³/mol. The molecule has 33 heavy (non-hydrogen) atoms. The minimum absolute atomic E-state index is 0.0286. The summed E-state index contributed by atoms with van der Waals surface area (Å²) in [5.74, 6) is -1.03. The fraction of sp³-hybridized carbons (Fsp3) is 0.240. The van der Waals surface area contributed by atoms with Gasteiger partial charge in [0.05, 0.1) is 12.8 Å². The molecule has 3 rings (SSSR count). The molecule has 174 valence electrons. The van der Waals surface area contributed by atoms with E-state index in [2.05, 4.69) is 10.0 Å². The van der Waals surface area contributed by atoms with Gasteiger partial charge in [-0.2, -0.15) is 4.72 Å². The van der Waals surface area contributed by atoms with Crippen molar-refractivity contribution < 1.29 is 22.3 Å². The summed E-state index contributed by atoms with van der Waals surface area (Å²) >= 11 is 0. The van der Waals surface area contributed by atoms with Gasteiger partial charge in [-0.25, -0.2) is 12.8 Å². The third-order valence-electron chi connectivity index (χ3n) is 5.17. The summed E-state index contributed by atoms with van der Waals surface area (Å²) in [5, 5.41) is 2.49. The number of ether oxygens (including phenoxy) is 1. The molecule has 0 aromatic heterocycles. The molecule has 0 radical (unpaired) electrons. The van der Waals surface area contributed by atoms with E-state index in [1.54, 1.807) is 48.5 Å². The van der Waals surface area contributed by atoms with Gasteiger partial charge in [0.2, 0.25) is 15.9 Å². The third-order valence-corrected chi connectivity index (χ3v) is 6.67. The highest BCUT2D eigenvalue weighted by molar-refractivity contribution is 7.89. The highest BCUT2D eigenvalue weighted by Crippen LogP contribution is 2.28. The van der Waals surface area contributed by atoms with E-state index in [0.717, 1.165) is 11.1 Å². The molecular formula is C25H27FN2O4S. The molecule has 0 saturated heterocycles. The zero-order valence-electron chi connectivity index (χ0n) is 18.7. The quantitative estimate of drug-likeness (QED) is 0.483. The van der Waals surface area contributed by atoms with Crippen molar-refractivity contribution in [1.82, 2.24) is 4.72 Å². The summed E-state index contributed by atoms with van der Waals surface area (Å²) in [7, 11) is -2.77. The van der Waals surface area contributed by atoms with Gasteiger partial charge in [0.15, 0.2) is 0 Å². The molecule has 0 aliphatic rings. The molecule has 3 aromatic rings. The van der Waals surface area contributed by atoms with Crippen molar-refractivity contribution in [3.8, 4) is 5.75 Å². The number of amides is 1. The van der Waals surface area contributed by atoms with E-state index in [-0.39, 0.29) is 28.7 Å². The standard InChI is InChI=1S/C25H27FN2O4S/c1-17(2)19-13-14-23(32-3)24(16-19)33(30,31)28-22(15-18-9-5-4-6-10-18)25(29)27-21-12-8-7-11-20(21)26/h4-14,16-17,22,28H,15H2,1-3H3,(H,27,29). The van der Waals surface area contributed by atoms with E-state index >= 15 is 0 Å². The van der Waals surface area contributed by atoms with Crippen LogP contribution in [0.5, 0.6) is 5.75 Å². The zero-order valence-corrected chi connectivity index (χ0v) is 19.5. The van der Waals surface area contributed by atoms with E-state index in [4.69, 9.17) is 4.74 Å². The number of hydrogen-bond acceptors (Lipinski definition) is 4. The van der Waals surface area contributed by atoms with Crippen LogP contribution in [0.15, 0.2) is 77.7 Å². The van der Waals surface area contributed by atoms with Crippen LogP contribution in [0.4, 0.5) is 10.1 Å². The summed E-state index contributed by atoms with van der Waals surface area (Å²) in [4.78, 5) is 13.0. The Bertz CT molecular complexity index is 1210. The lowest BCUT2D eigenvalue weighted by Gasteiger charge is -2.20. The Hall–Kier alpha value is -3.23. The van der Waals surface area contributed by atoms with Crippen molar-refractivity contribution in [2.45, 2.75) is 37.1 Å². The van der Waals surface area contributed by atoms with Gasteiger partial charge < -0.3 is 10.1 Å². The Morgan fingerprint density at radius 2 is 1.67 bits per heavy atom. The lowest BCUT2D eigenvalue weighted by molar-refractivity contribution is -0.117. The Kier molecular flexibility index (Phi) is 7.84. The lowest BCUT2D eigenvalue weighted by atomic mass is 10.0. The predicted octanol–water partition coefficient (Wildman–Crippen LogP) is 4.49. The van der Waals surface area contributed by atoms with Crippen molar-refractivity contribution in [3.05, 3.63) is 89.7 Å². The smallest absolute Gasteiger partial charge is 0.245 e. The second kappa shape index (κ2) is 10.6. The van der Waals surface area contributed by atoms with Crippen molar-refractivity contribution in [2.75, 3.05) is 12.4 Å². The molecule has 0 fully saturated rings. The second-order valence-electron chi connectivity index (χ2n) is 7.90. The van der Waals surface area contributed by atoms with Gasteiger partial charge in [0, 0.05) is 0 Å². The maximum atomic E-state index is 14.1. The average Bonchev–Trinajstić information content (AvgIpc) is 2.80. The van der Waals surface area contributed by atoms with Crippen molar-refractivity contribution >= 4 is 21.6 Å². The van der Waals surface area contributed by atoms with Crippen LogP contribution in [0.1, 0.15) is 30.9 Å². The van der Waals surface area contributed by atoms with Gasteiger partial charge in [-0.1, -0.05) is 62.4 Å². The van der Waals surface area contributed by atoms with E-state index in [0.29, 0.717) is 0 Å². The molecule has 1 unspecified atom stereocenters. The number of sulfonamides is 1. The molecule has 0 aliphatic carbocycles. The number of benzene rings is 3. The molecule has 8 heteroatoms. The van der Waals surface area contributed by atoms with Crippen molar-refractivity contribution in [2.24, 2.45) is 0 Å². The molecule has 3 aromatic carbocycles.